The van der Waals surface area contributed by atoms with E-state index in [0.717, 1.165) is 38.1 Å². The van der Waals surface area contributed by atoms with Crippen molar-refractivity contribution in [2.45, 2.75) is 45.5 Å². The lowest BCUT2D eigenvalue weighted by molar-refractivity contribution is -0.141. The molecular formula is C37H61N7O8S. The van der Waals surface area contributed by atoms with Crippen molar-refractivity contribution in [3.05, 3.63) is 34.9 Å². The number of aliphatic carboxylic acids is 3. The minimum atomic E-state index is -1.00. The number of hydrogen-bond donors (Lipinski definition) is 4. The number of rotatable bonds is 17. The molecule has 0 radical (unpaired) electrons. The number of carbonyl (C=O) groups excluding carboxylic acids is 2. The van der Waals surface area contributed by atoms with Gasteiger partial charge in [0.2, 0.25) is 5.91 Å². The molecule has 2 heterocycles. The van der Waals surface area contributed by atoms with Crippen LogP contribution >= 0.6 is 11.8 Å². The highest BCUT2D eigenvalue weighted by molar-refractivity contribution is 7.98. The summed E-state index contributed by atoms with van der Waals surface area (Å²) in [6.45, 7) is 12.5. The Morgan fingerprint density at radius 2 is 1.09 bits per heavy atom. The van der Waals surface area contributed by atoms with Crippen LogP contribution in [0.1, 0.15) is 37.5 Å². The maximum absolute atomic E-state index is 13.6. The van der Waals surface area contributed by atoms with Crippen molar-refractivity contribution in [2.24, 2.45) is 5.41 Å². The van der Waals surface area contributed by atoms with Crippen molar-refractivity contribution in [3.8, 4) is 0 Å². The van der Waals surface area contributed by atoms with Crippen molar-refractivity contribution >= 4 is 41.9 Å². The number of hydrogen-bond acceptors (Lipinski definition) is 12. The molecule has 0 unspecified atom stereocenters. The van der Waals surface area contributed by atoms with E-state index in [1.54, 1.807) is 33.5 Å². The number of piperazine rings is 1. The number of carbonyl (C=O) groups is 5. The number of aldehydes is 1. The van der Waals surface area contributed by atoms with Crippen LogP contribution in [0.15, 0.2) is 18.2 Å². The van der Waals surface area contributed by atoms with Gasteiger partial charge in [0.15, 0.2) is 0 Å². The largest absolute Gasteiger partial charge is 0.480 e. The lowest BCUT2D eigenvalue weighted by atomic mass is 9.87. The number of thioether (sulfide) groups is 1. The molecule has 4 N–H and O–H groups in total. The first-order chi connectivity index (χ1) is 25.1. The highest BCUT2D eigenvalue weighted by atomic mass is 32.2. The average molecular weight is 764 g/mol. The van der Waals surface area contributed by atoms with Gasteiger partial charge in [-0.1, -0.05) is 39.0 Å². The van der Waals surface area contributed by atoms with Crippen molar-refractivity contribution in [1.82, 2.24) is 34.7 Å². The van der Waals surface area contributed by atoms with Gasteiger partial charge in [0.1, 0.15) is 6.29 Å². The Morgan fingerprint density at radius 1 is 0.679 bits per heavy atom. The topological polar surface area (TPSA) is 178 Å². The summed E-state index contributed by atoms with van der Waals surface area (Å²) < 4.78 is 0. The van der Waals surface area contributed by atoms with E-state index in [1.807, 2.05) is 9.80 Å². The highest BCUT2D eigenvalue weighted by Gasteiger charge is 2.25. The first-order valence-electron chi connectivity index (χ1n) is 18.5. The monoisotopic (exact) mass is 763 g/mol. The van der Waals surface area contributed by atoms with Crippen LogP contribution in [0.25, 0.3) is 0 Å². The fraction of sp³-hybridized carbons (Fsp3) is 0.703. The molecule has 53 heavy (non-hydrogen) atoms. The molecule has 2 aliphatic rings. The van der Waals surface area contributed by atoms with E-state index in [-0.39, 0.29) is 43.5 Å². The molecule has 1 amide bonds. The summed E-state index contributed by atoms with van der Waals surface area (Å²) in [6.07, 6.45) is 1.90. The van der Waals surface area contributed by atoms with Crippen LogP contribution in [-0.4, -0.2) is 198 Å². The van der Waals surface area contributed by atoms with Gasteiger partial charge >= 0.3 is 17.9 Å². The molecular weight excluding hydrogens is 703 g/mol. The third kappa shape index (κ3) is 17.7. The lowest BCUT2D eigenvalue weighted by Gasteiger charge is -2.37. The predicted molar refractivity (Wildman–Crippen MR) is 205 cm³/mol. The van der Waals surface area contributed by atoms with Gasteiger partial charge in [0.05, 0.1) is 32.2 Å². The minimum Gasteiger partial charge on any atom is -0.480 e. The molecule has 0 aliphatic carbocycles. The summed E-state index contributed by atoms with van der Waals surface area (Å²) in [5, 5.41) is 31.4. The zero-order valence-corrected chi connectivity index (χ0v) is 32.8. The summed E-state index contributed by atoms with van der Waals surface area (Å²) in [6, 6.07) is 6.66. The van der Waals surface area contributed by atoms with Crippen LogP contribution in [0, 0.1) is 5.41 Å². The highest BCUT2D eigenvalue weighted by Crippen LogP contribution is 2.25. The predicted octanol–water partition coefficient (Wildman–Crippen LogP) is 0.415. The summed E-state index contributed by atoms with van der Waals surface area (Å²) in [5.41, 5.74) is 3.92. The Morgan fingerprint density at radius 3 is 1.51 bits per heavy atom. The summed E-state index contributed by atoms with van der Waals surface area (Å²) in [4.78, 5) is 71.1. The SMILES string of the molecule is CN[C@H](C=O)CSCc1cc(CN2CCN(C(=O)CN3CCN(CC(=O)O)CCN(CC(=O)O)CCN(CC(=O)O)CC3)CC2)cc(CC(C)(C)C)c1. The van der Waals surface area contributed by atoms with E-state index < -0.39 is 17.9 Å². The van der Waals surface area contributed by atoms with Crippen LogP contribution in [0.5, 0.6) is 0 Å². The standard InChI is InChI=1S/C37H61N7O8S/c1-37(2,3)20-29-17-30(19-31(18-29)27-53-28-32(26-45)38-4)21-39-13-15-44(16-14-39)33(46)22-40-5-7-41(23-34(47)48)9-11-43(25-36(51)52)12-10-42(8-6-40)24-35(49)50/h17-19,26,32,38H,5-16,20-25,27-28H2,1-4H3,(H,47,48)(H,49,50)(H,51,52)/t32-/m1/s1. The Balaban J connectivity index is 1.63. The van der Waals surface area contributed by atoms with E-state index in [2.05, 4.69) is 49.2 Å². The third-order valence-corrected chi connectivity index (χ3v) is 10.6. The summed E-state index contributed by atoms with van der Waals surface area (Å²) in [5.74, 6) is -1.45. The normalized spacial score (nSPS) is 18.9. The van der Waals surface area contributed by atoms with E-state index in [0.29, 0.717) is 71.2 Å². The molecule has 3 rings (SSSR count). The Hall–Kier alpha value is -3.12. The van der Waals surface area contributed by atoms with Gasteiger partial charge in [0, 0.05) is 96.6 Å². The first-order valence-corrected chi connectivity index (χ1v) is 19.6. The molecule has 2 aliphatic heterocycles. The van der Waals surface area contributed by atoms with Crippen LogP contribution in [0.4, 0.5) is 0 Å². The molecule has 0 aromatic heterocycles. The molecule has 298 valence electrons. The summed E-state index contributed by atoms with van der Waals surface area (Å²) >= 11 is 1.74. The van der Waals surface area contributed by atoms with Crippen molar-refractivity contribution in [1.29, 1.82) is 0 Å². The van der Waals surface area contributed by atoms with Crippen LogP contribution in [0.2, 0.25) is 0 Å². The second-order valence-electron chi connectivity index (χ2n) is 15.4. The Kier molecular flexibility index (Phi) is 18.6. The maximum Gasteiger partial charge on any atom is 0.317 e. The van der Waals surface area contributed by atoms with E-state index in [9.17, 15) is 39.3 Å². The molecule has 2 fully saturated rings. The van der Waals surface area contributed by atoms with Gasteiger partial charge in [-0.25, -0.2) is 0 Å². The molecule has 1 atom stereocenters. The second-order valence-corrected chi connectivity index (χ2v) is 16.4. The zero-order chi connectivity index (χ0) is 39.0. The Bertz CT molecular complexity index is 1320. The third-order valence-electron chi connectivity index (χ3n) is 9.44. The number of carboxylic acids is 3. The quantitative estimate of drug-likeness (QED) is 0.161. The van der Waals surface area contributed by atoms with Crippen molar-refractivity contribution in [3.63, 3.8) is 0 Å². The number of carboxylic acid groups (broad SMARTS) is 3. The molecule has 1 aromatic rings. The minimum absolute atomic E-state index is 0.0133. The van der Waals surface area contributed by atoms with E-state index in [4.69, 9.17) is 0 Å². The number of benzene rings is 1. The second kappa shape index (κ2) is 22.3. The average Bonchev–Trinajstić information content (AvgIpc) is 3.06. The fourth-order valence-corrected chi connectivity index (χ4v) is 7.73. The smallest absolute Gasteiger partial charge is 0.317 e. The van der Waals surface area contributed by atoms with Crippen LogP contribution in [0.3, 0.4) is 0 Å². The molecule has 0 spiro atoms. The molecule has 0 saturated carbocycles. The summed E-state index contributed by atoms with van der Waals surface area (Å²) in [7, 11) is 1.80. The molecule has 16 heteroatoms. The zero-order valence-electron chi connectivity index (χ0n) is 32.0. The number of nitrogens with zero attached hydrogens (tertiary/aromatic N) is 6. The van der Waals surface area contributed by atoms with E-state index >= 15 is 0 Å². The molecule has 15 nitrogen and oxygen atoms in total. The fourth-order valence-electron chi connectivity index (χ4n) is 6.71. The van der Waals surface area contributed by atoms with Gasteiger partial charge in [-0.2, -0.15) is 11.8 Å². The first kappa shape index (κ1) is 44.3. The van der Waals surface area contributed by atoms with Crippen molar-refractivity contribution < 1.29 is 39.3 Å². The molecule has 1 aromatic carbocycles. The van der Waals surface area contributed by atoms with Gasteiger partial charge < -0.3 is 30.3 Å². The molecule has 2 saturated heterocycles. The maximum atomic E-state index is 13.6. The van der Waals surface area contributed by atoms with Crippen LogP contribution in [-0.2, 0) is 42.7 Å². The number of amides is 1. The van der Waals surface area contributed by atoms with Crippen LogP contribution < -0.4 is 5.32 Å². The van der Waals surface area contributed by atoms with Crippen molar-refractivity contribution in [2.75, 3.05) is 118 Å². The number of likely N-dealkylation sites (N-methyl/N-ethyl adjacent to an activating group) is 1. The Labute approximate surface area is 318 Å². The van der Waals surface area contributed by atoms with Gasteiger partial charge in [-0.05, 0) is 35.6 Å². The lowest BCUT2D eigenvalue weighted by Crippen LogP contribution is -2.53. The van der Waals surface area contributed by atoms with Gasteiger partial charge in [-0.15, -0.1) is 0 Å². The number of nitrogens with one attached hydrogen (secondary N) is 1. The van der Waals surface area contributed by atoms with Gasteiger partial charge in [0.25, 0.3) is 0 Å². The van der Waals surface area contributed by atoms with Gasteiger partial charge in [-0.3, -0.25) is 43.7 Å². The molecule has 0 bridgehead atoms. The van der Waals surface area contributed by atoms with E-state index in [1.165, 1.54) is 16.7 Å².